The van der Waals surface area contributed by atoms with Crippen molar-refractivity contribution in [3.05, 3.63) is 95.6 Å². The van der Waals surface area contributed by atoms with E-state index in [1.807, 2.05) is 49.6 Å². The third kappa shape index (κ3) is 4.92. The minimum Gasteiger partial charge on any atom is -0.343 e. The van der Waals surface area contributed by atoms with Gasteiger partial charge in [0.25, 0.3) is 0 Å². The average molecular weight is 401 g/mol. The van der Waals surface area contributed by atoms with Gasteiger partial charge in [0, 0.05) is 31.1 Å². The summed E-state index contributed by atoms with van der Waals surface area (Å²) in [4.78, 5) is 24.2. The molecule has 30 heavy (non-hydrogen) atoms. The Morgan fingerprint density at radius 2 is 1.77 bits per heavy atom. The summed E-state index contributed by atoms with van der Waals surface area (Å²) < 4.78 is 0. The fourth-order valence-corrected chi connectivity index (χ4v) is 4.11. The highest BCUT2D eigenvalue weighted by Crippen LogP contribution is 2.25. The number of amides is 1. The van der Waals surface area contributed by atoms with Crippen molar-refractivity contribution in [2.75, 3.05) is 13.1 Å². The summed E-state index contributed by atoms with van der Waals surface area (Å²) in [7, 11) is 0. The number of piperidine rings is 1. The van der Waals surface area contributed by atoms with Gasteiger partial charge in [-0.1, -0.05) is 36.4 Å². The van der Waals surface area contributed by atoms with E-state index in [-0.39, 0.29) is 17.9 Å². The van der Waals surface area contributed by atoms with Crippen LogP contribution in [0.2, 0.25) is 0 Å². The van der Waals surface area contributed by atoms with Crippen LogP contribution in [-0.4, -0.2) is 33.9 Å². The molecule has 154 valence electrons. The molecule has 3 heterocycles. The molecule has 1 aliphatic rings. The molecule has 5 heteroatoms. The highest BCUT2D eigenvalue weighted by atomic mass is 16.2. The Bertz CT molecular complexity index is 953. The number of nitrogens with zero attached hydrogens (tertiary/aromatic N) is 3. The van der Waals surface area contributed by atoms with Crippen LogP contribution in [0.4, 0.5) is 0 Å². The van der Waals surface area contributed by atoms with E-state index in [1.54, 1.807) is 6.20 Å². The number of carbonyl (C=O) groups is 1. The van der Waals surface area contributed by atoms with Crippen molar-refractivity contribution in [2.24, 2.45) is 5.92 Å². The number of likely N-dealkylation sites (tertiary alicyclic amines) is 1. The van der Waals surface area contributed by atoms with Gasteiger partial charge in [0.15, 0.2) is 0 Å². The average Bonchev–Trinajstić information content (AvgIpc) is 2.80. The summed E-state index contributed by atoms with van der Waals surface area (Å²) in [6.45, 7) is 4.82. The van der Waals surface area contributed by atoms with Crippen LogP contribution in [0.25, 0.3) is 0 Å². The molecule has 1 aromatic carbocycles. The molecule has 1 N–H and O–H groups in total. The molecule has 0 radical (unpaired) electrons. The van der Waals surface area contributed by atoms with Crippen molar-refractivity contribution < 1.29 is 4.79 Å². The molecule has 5 nitrogen and oxygen atoms in total. The lowest BCUT2D eigenvalue weighted by Crippen LogP contribution is -2.41. The van der Waals surface area contributed by atoms with Gasteiger partial charge < -0.3 is 5.32 Å². The Hall–Kier alpha value is -3.05. The summed E-state index contributed by atoms with van der Waals surface area (Å²) in [6, 6.07) is 18.0. The quantitative estimate of drug-likeness (QED) is 0.682. The molecule has 3 aromatic rings. The number of benzene rings is 1. The number of rotatable bonds is 6. The SMILES string of the molecule is Cc1cccnc1C(NC(=O)C1CCN(Cc2ccncc2)CC1)c1ccccc1. The van der Waals surface area contributed by atoms with Gasteiger partial charge >= 0.3 is 0 Å². The molecule has 1 unspecified atom stereocenters. The Labute approximate surface area is 178 Å². The van der Waals surface area contributed by atoms with Crippen LogP contribution in [0.1, 0.15) is 41.3 Å². The lowest BCUT2D eigenvalue weighted by atomic mass is 9.93. The number of aryl methyl sites for hydroxylation is 1. The lowest BCUT2D eigenvalue weighted by Gasteiger charge is -2.32. The van der Waals surface area contributed by atoms with E-state index >= 15 is 0 Å². The lowest BCUT2D eigenvalue weighted by molar-refractivity contribution is -0.127. The van der Waals surface area contributed by atoms with E-state index in [1.165, 1.54) is 5.56 Å². The van der Waals surface area contributed by atoms with E-state index < -0.39 is 0 Å². The zero-order valence-corrected chi connectivity index (χ0v) is 17.4. The Morgan fingerprint density at radius 1 is 1.03 bits per heavy atom. The summed E-state index contributed by atoms with van der Waals surface area (Å²) in [5.74, 6) is 0.159. The largest absolute Gasteiger partial charge is 0.343 e. The molecule has 1 atom stereocenters. The fourth-order valence-electron chi connectivity index (χ4n) is 4.11. The van der Waals surface area contributed by atoms with Gasteiger partial charge in [0.1, 0.15) is 0 Å². The van der Waals surface area contributed by atoms with Gasteiger partial charge in [-0.2, -0.15) is 0 Å². The summed E-state index contributed by atoms with van der Waals surface area (Å²) in [6.07, 6.45) is 7.21. The second kappa shape index (κ2) is 9.63. The second-order valence-corrected chi connectivity index (χ2v) is 7.96. The Morgan fingerprint density at radius 3 is 2.47 bits per heavy atom. The van der Waals surface area contributed by atoms with Crippen LogP contribution in [0.15, 0.2) is 73.2 Å². The van der Waals surface area contributed by atoms with Crippen LogP contribution >= 0.6 is 0 Å². The van der Waals surface area contributed by atoms with Gasteiger partial charge in [-0.05, 0) is 67.7 Å². The maximum atomic E-state index is 13.2. The minimum atomic E-state index is -0.227. The van der Waals surface area contributed by atoms with Gasteiger partial charge in [-0.3, -0.25) is 19.7 Å². The summed E-state index contributed by atoms with van der Waals surface area (Å²) in [5, 5.41) is 3.30. The van der Waals surface area contributed by atoms with Gasteiger partial charge in [-0.25, -0.2) is 0 Å². The van der Waals surface area contributed by atoms with E-state index in [0.29, 0.717) is 0 Å². The standard InChI is InChI=1S/C25H28N4O/c1-19-6-5-13-27-23(19)24(21-7-3-2-4-8-21)28-25(30)22-11-16-29(17-12-22)18-20-9-14-26-15-10-20/h2-10,13-15,22,24H,11-12,16-18H2,1H3,(H,28,30). The second-order valence-electron chi connectivity index (χ2n) is 7.96. The molecular formula is C25H28N4O. The molecule has 1 saturated heterocycles. The first-order valence-corrected chi connectivity index (χ1v) is 10.6. The molecule has 2 aromatic heterocycles. The predicted molar refractivity (Wildman–Crippen MR) is 118 cm³/mol. The highest BCUT2D eigenvalue weighted by molar-refractivity contribution is 5.79. The van der Waals surface area contributed by atoms with Crippen LogP contribution in [-0.2, 0) is 11.3 Å². The Kier molecular flexibility index (Phi) is 6.50. The van der Waals surface area contributed by atoms with Crippen LogP contribution in [0, 0.1) is 12.8 Å². The zero-order chi connectivity index (χ0) is 20.8. The highest BCUT2D eigenvalue weighted by Gasteiger charge is 2.28. The van der Waals surface area contributed by atoms with Crippen LogP contribution in [0.5, 0.6) is 0 Å². The fraction of sp³-hybridized carbons (Fsp3) is 0.320. The van der Waals surface area contributed by atoms with Gasteiger partial charge in [0.2, 0.25) is 5.91 Å². The number of nitrogens with one attached hydrogen (secondary N) is 1. The first kappa shape index (κ1) is 20.2. The van der Waals surface area contributed by atoms with Crippen molar-refractivity contribution in [1.82, 2.24) is 20.2 Å². The molecule has 0 aliphatic carbocycles. The summed E-state index contributed by atoms with van der Waals surface area (Å²) in [5.41, 5.74) is 4.32. The normalized spacial score (nSPS) is 16.2. The van der Waals surface area contributed by atoms with Crippen molar-refractivity contribution in [1.29, 1.82) is 0 Å². The molecule has 4 rings (SSSR count). The predicted octanol–water partition coefficient (Wildman–Crippen LogP) is 3.90. The number of hydrogen-bond donors (Lipinski definition) is 1. The van der Waals surface area contributed by atoms with Crippen molar-refractivity contribution >= 4 is 5.91 Å². The molecule has 1 amide bonds. The molecular weight excluding hydrogens is 372 g/mol. The first-order chi connectivity index (χ1) is 14.7. The van der Waals surface area contributed by atoms with Crippen molar-refractivity contribution in [2.45, 2.75) is 32.4 Å². The van der Waals surface area contributed by atoms with E-state index in [0.717, 1.165) is 49.3 Å². The number of hydrogen-bond acceptors (Lipinski definition) is 4. The maximum Gasteiger partial charge on any atom is 0.224 e. The van der Waals surface area contributed by atoms with Crippen LogP contribution in [0.3, 0.4) is 0 Å². The van der Waals surface area contributed by atoms with Crippen molar-refractivity contribution in [3.8, 4) is 0 Å². The third-order valence-corrected chi connectivity index (χ3v) is 5.86. The van der Waals surface area contributed by atoms with Gasteiger partial charge in [0.05, 0.1) is 11.7 Å². The van der Waals surface area contributed by atoms with Gasteiger partial charge in [-0.15, -0.1) is 0 Å². The molecule has 0 saturated carbocycles. The van der Waals surface area contributed by atoms with Crippen LogP contribution < -0.4 is 5.32 Å². The third-order valence-electron chi connectivity index (χ3n) is 5.86. The zero-order valence-electron chi connectivity index (χ0n) is 17.4. The number of pyridine rings is 2. The minimum absolute atomic E-state index is 0.0360. The van der Waals surface area contributed by atoms with E-state index in [4.69, 9.17) is 0 Å². The molecule has 1 aliphatic heterocycles. The topological polar surface area (TPSA) is 58.1 Å². The summed E-state index contributed by atoms with van der Waals surface area (Å²) >= 11 is 0. The van der Waals surface area contributed by atoms with E-state index in [9.17, 15) is 4.79 Å². The number of carbonyl (C=O) groups excluding carboxylic acids is 1. The molecule has 1 fully saturated rings. The van der Waals surface area contributed by atoms with Crippen molar-refractivity contribution in [3.63, 3.8) is 0 Å². The molecule has 0 spiro atoms. The maximum absolute atomic E-state index is 13.2. The Balaban J connectivity index is 1.42. The number of aromatic nitrogens is 2. The van der Waals surface area contributed by atoms with E-state index in [2.05, 4.69) is 44.5 Å². The monoisotopic (exact) mass is 400 g/mol. The molecule has 0 bridgehead atoms. The first-order valence-electron chi connectivity index (χ1n) is 10.6. The smallest absolute Gasteiger partial charge is 0.224 e.